The van der Waals surface area contributed by atoms with E-state index in [4.69, 9.17) is 14.6 Å². The van der Waals surface area contributed by atoms with Gasteiger partial charge in [-0.05, 0) is 25.3 Å². The molecule has 0 spiro atoms. The highest BCUT2D eigenvalue weighted by Crippen LogP contribution is 2.23. The Balaban J connectivity index is 2.51. The molecule has 1 aromatic rings. The van der Waals surface area contributed by atoms with Gasteiger partial charge in [-0.1, -0.05) is 18.2 Å². The van der Waals surface area contributed by atoms with Gasteiger partial charge in [0.15, 0.2) is 0 Å². The van der Waals surface area contributed by atoms with Crippen LogP contribution in [0.1, 0.15) is 24.0 Å². The highest BCUT2D eigenvalue weighted by molar-refractivity contribution is 5.40. The summed E-state index contributed by atoms with van der Waals surface area (Å²) in [5.41, 5.74) is 2.31. The Morgan fingerprint density at radius 2 is 2.05 bits per heavy atom. The van der Waals surface area contributed by atoms with Gasteiger partial charge < -0.3 is 19.9 Å². The van der Waals surface area contributed by atoms with Crippen molar-refractivity contribution in [3.05, 3.63) is 29.3 Å². The van der Waals surface area contributed by atoms with Crippen LogP contribution in [0.4, 0.5) is 0 Å². The van der Waals surface area contributed by atoms with Gasteiger partial charge >= 0.3 is 0 Å². The maximum Gasteiger partial charge on any atom is 0.126 e. The first-order valence-corrected chi connectivity index (χ1v) is 6.81. The topological polar surface area (TPSA) is 50.7 Å². The van der Waals surface area contributed by atoms with E-state index in [-0.39, 0.29) is 6.61 Å². The van der Waals surface area contributed by atoms with Crippen LogP contribution in [-0.4, -0.2) is 38.6 Å². The molecule has 0 atom stereocenters. The Hall–Kier alpha value is -1.10. The summed E-state index contributed by atoms with van der Waals surface area (Å²) in [6.45, 7) is 5.24. The van der Waals surface area contributed by atoms with Crippen LogP contribution in [0.3, 0.4) is 0 Å². The smallest absolute Gasteiger partial charge is 0.126 e. The predicted molar refractivity (Wildman–Crippen MR) is 76.6 cm³/mol. The number of benzene rings is 1. The van der Waals surface area contributed by atoms with Crippen molar-refractivity contribution in [3.63, 3.8) is 0 Å². The van der Waals surface area contributed by atoms with E-state index in [0.29, 0.717) is 13.2 Å². The predicted octanol–water partition coefficient (Wildman–Crippen LogP) is 1.88. The minimum absolute atomic E-state index is 0.225. The zero-order chi connectivity index (χ0) is 13.9. The van der Waals surface area contributed by atoms with Crippen molar-refractivity contribution < 1.29 is 14.6 Å². The van der Waals surface area contributed by atoms with Crippen molar-refractivity contribution in [2.24, 2.45) is 0 Å². The molecule has 0 radical (unpaired) electrons. The van der Waals surface area contributed by atoms with E-state index >= 15 is 0 Å². The van der Waals surface area contributed by atoms with Gasteiger partial charge in [0.25, 0.3) is 0 Å². The second-order valence-electron chi connectivity index (χ2n) is 4.51. The molecule has 0 bridgehead atoms. The number of para-hydroxylation sites is 1. The maximum absolute atomic E-state index is 8.76. The number of rotatable bonds is 10. The molecule has 0 fully saturated rings. The van der Waals surface area contributed by atoms with E-state index in [0.717, 1.165) is 37.2 Å². The van der Waals surface area contributed by atoms with E-state index in [1.165, 1.54) is 5.56 Å². The van der Waals surface area contributed by atoms with Crippen molar-refractivity contribution in [3.8, 4) is 5.75 Å². The van der Waals surface area contributed by atoms with Crippen molar-refractivity contribution in [1.29, 1.82) is 0 Å². The molecule has 0 aromatic heterocycles. The summed E-state index contributed by atoms with van der Waals surface area (Å²) in [5.74, 6) is 0.963. The Labute approximate surface area is 115 Å². The lowest BCUT2D eigenvalue weighted by molar-refractivity contribution is 0.199. The van der Waals surface area contributed by atoms with Crippen molar-refractivity contribution in [1.82, 2.24) is 5.32 Å². The molecule has 4 nitrogen and oxygen atoms in total. The minimum Gasteiger partial charge on any atom is -0.493 e. The van der Waals surface area contributed by atoms with Crippen LogP contribution < -0.4 is 10.1 Å². The number of unbranched alkanes of at least 4 members (excludes halogenated alkanes) is 1. The Morgan fingerprint density at radius 3 is 2.79 bits per heavy atom. The standard InChI is InChI=1S/C15H25NO3/c1-13-6-5-7-14(12-16-8-11-18-2)15(13)19-10-4-3-9-17/h5-7,16-17H,3-4,8-12H2,1-2H3. The number of aryl methyl sites for hydroxylation is 1. The summed E-state index contributed by atoms with van der Waals surface area (Å²) in [7, 11) is 1.70. The Morgan fingerprint density at radius 1 is 1.21 bits per heavy atom. The molecule has 0 unspecified atom stereocenters. The van der Waals surface area contributed by atoms with E-state index in [1.807, 2.05) is 6.07 Å². The van der Waals surface area contributed by atoms with E-state index in [1.54, 1.807) is 7.11 Å². The van der Waals surface area contributed by atoms with Gasteiger partial charge in [0.1, 0.15) is 5.75 Å². The molecule has 0 saturated heterocycles. The SMILES string of the molecule is COCCNCc1cccc(C)c1OCCCCO. The van der Waals surface area contributed by atoms with Crippen LogP contribution >= 0.6 is 0 Å². The minimum atomic E-state index is 0.225. The third kappa shape index (κ3) is 6.05. The molecule has 0 aliphatic carbocycles. The van der Waals surface area contributed by atoms with E-state index in [9.17, 15) is 0 Å². The van der Waals surface area contributed by atoms with E-state index in [2.05, 4.69) is 24.4 Å². The summed E-state index contributed by atoms with van der Waals surface area (Å²) in [5, 5.41) is 12.1. The quantitative estimate of drug-likeness (QED) is 0.636. The van der Waals surface area contributed by atoms with Gasteiger partial charge in [-0.15, -0.1) is 0 Å². The summed E-state index contributed by atoms with van der Waals surface area (Å²) in [6.07, 6.45) is 1.66. The zero-order valence-corrected chi connectivity index (χ0v) is 11.9. The summed E-state index contributed by atoms with van der Waals surface area (Å²) >= 11 is 0. The first kappa shape index (κ1) is 16.0. The number of aliphatic hydroxyl groups excluding tert-OH is 1. The van der Waals surface area contributed by atoms with Crippen LogP contribution in [0, 0.1) is 6.92 Å². The lowest BCUT2D eigenvalue weighted by Crippen LogP contribution is -2.19. The zero-order valence-electron chi connectivity index (χ0n) is 11.9. The third-order valence-electron chi connectivity index (χ3n) is 2.89. The molecule has 1 aromatic carbocycles. The average molecular weight is 267 g/mol. The molecule has 0 aliphatic rings. The summed E-state index contributed by atoms with van der Waals surface area (Å²) in [4.78, 5) is 0. The largest absolute Gasteiger partial charge is 0.493 e. The van der Waals surface area contributed by atoms with Crippen LogP contribution in [0.15, 0.2) is 18.2 Å². The lowest BCUT2D eigenvalue weighted by atomic mass is 10.1. The normalized spacial score (nSPS) is 10.7. The lowest BCUT2D eigenvalue weighted by Gasteiger charge is -2.14. The number of methoxy groups -OCH3 is 1. The van der Waals surface area contributed by atoms with Gasteiger partial charge in [0.05, 0.1) is 13.2 Å². The second-order valence-corrected chi connectivity index (χ2v) is 4.51. The monoisotopic (exact) mass is 267 g/mol. The molecule has 2 N–H and O–H groups in total. The molecule has 0 heterocycles. The maximum atomic E-state index is 8.76. The fraction of sp³-hybridized carbons (Fsp3) is 0.600. The third-order valence-corrected chi connectivity index (χ3v) is 2.89. The van der Waals surface area contributed by atoms with Gasteiger partial charge in [-0.2, -0.15) is 0 Å². The van der Waals surface area contributed by atoms with Crippen molar-refractivity contribution in [2.75, 3.05) is 33.5 Å². The fourth-order valence-corrected chi connectivity index (χ4v) is 1.84. The molecular formula is C15H25NO3. The number of aliphatic hydroxyl groups is 1. The molecule has 0 amide bonds. The fourth-order valence-electron chi connectivity index (χ4n) is 1.84. The average Bonchev–Trinajstić information content (AvgIpc) is 2.42. The number of hydrogen-bond donors (Lipinski definition) is 2. The number of ether oxygens (including phenoxy) is 2. The molecule has 4 heteroatoms. The van der Waals surface area contributed by atoms with Crippen molar-refractivity contribution >= 4 is 0 Å². The van der Waals surface area contributed by atoms with Crippen LogP contribution in [0.25, 0.3) is 0 Å². The summed E-state index contributed by atoms with van der Waals surface area (Å²) in [6, 6.07) is 6.18. The van der Waals surface area contributed by atoms with Gasteiger partial charge in [-0.3, -0.25) is 0 Å². The van der Waals surface area contributed by atoms with Gasteiger partial charge in [0, 0.05) is 32.4 Å². The van der Waals surface area contributed by atoms with Crippen LogP contribution in [-0.2, 0) is 11.3 Å². The Kier molecular flexibility index (Phi) is 8.21. The highest BCUT2D eigenvalue weighted by Gasteiger charge is 2.06. The van der Waals surface area contributed by atoms with Gasteiger partial charge in [-0.25, -0.2) is 0 Å². The van der Waals surface area contributed by atoms with Crippen LogP contribution in [0.2, 0.25) is 0 Å². The number of hydrogen-bond acceptors (Lipinski definition) is 4. The highest BCUT2D eigenvalue weighted by atomic mass is 16.5. The first-order valence-electron chi connectivity index (χ1n) is 6.81. The number of nitrogens with one attached hydrogen (secondary N) is 1. The second kappa shape index (κ2) is 9.78. The Bertz CT molecular complexity index is 355. The van der Waals surface area contributed by atoms with Gasteiger partial charge in [0.2, 0.25) is 0 Å². The molecule has 0 saturated carbocycles. The molecule has 108 valence electrons. The first-order chi connectivity index (χ1) is 9.29. The summed E-state index contributed by atoms with van der Waals surface area (Å²) < 4.78 is 10.9. The van der Waals surface area contributed by atoms with Crippen molar-refractivity contribution in [2.45, 2.75) is 26.3 Å². The molecule has 1 rings (SSSR count). The molecular weight excluding hydrogens is 242 g/mol. The van der Waals surface area contributed by atoms with Crippen LogP contribution in [0.5, 0.6) is 5.75 Å². The van der Waals surface area contributed by atoms with E-state index < -0.39 is 0 Å². The molecule has 19 heavy (non-hydrogen) atoms. The molecule has 0 aliphatic heterocycles.